The minimum absolute atomic E-state index is 0.0891. The number of carbonyl (C=O) groups is 1. The Bertz CT molecular complexity index is 1220. The van der Waals surface area contributed by atoms with Gasteiger partial charge >= 0.3 is 19.4 Å². The fourth-order valence-electron chi connectivity index (χ4n) is 3.61. The summed E-state index contributed by atoms with van der Waals surface area (Å²) in [6, 6.07) is 7.64. The number of para-hydroxylation sites is 1. The van der Waals surface area contributed by atoms with Crippen LogP contribution in [0.1, 0.15) is 33.9 Å². The Morgan fingerprint density at radius 3 is 2.53 bits per heavy atom. The Kier molecular flexibility index (Phi) is 8.52. The maximum Gasteiger partial charge on any atom is 0.459 e. The molecule has 1 aromatic carbocycles. The number of aliphatic hydroxyl groups is 1. The summed E-state index contributed by atoms with van der Waals surface area (Å²) in [6.07, 6.45) is -4.21. The van der Waals surface area contributed by atoms with Crippen molar-refractivity contribution in [2.75, 3.05) is 6.61 Å². The van der Waals surface area contributed by atoms with Gasteiger partial charge in [0.15, 0.2) is 11.9 Å². The normalized spacial score (nSPS) is 26.4. The van der Waals surface area contributed by atoms with Crippen molar-refractivity contribution in [1.82, 2.24) is 14.6 Å². The summed E-state index contributed by atoms with van der Waals surface area (Å²) in [6.45, 7) is 4.89. The Labute approximate surface area is 205 Å². The zero-order chi connectivity index (χ0) is 26.7. The molecule has 0 aliphatic carbocycles. The molecule has 1 saturated heterocycles. The monoisotopic (exact) mass is 529 g/mol. The SMILES string of the molecule is CC(C)OC(=O)[C@@H](C)N[P@](=O)(Oc1ccccc1)O[C@@H]1[C@@H](CO)O[C@@H](n2ccc(=O)[nH]c2=O)[C@]1(C)F. The summed E-state index contributed by atoms with van der Waals surface area (Å²) in [7, 11) is -4.54. The van der Waals surface area contributed by atoms with Crippen LogP contribution in [0.2, 0.25) is 0 Å². The van der Waals surface area contributed by atoms with Crippen molar-refractivity contribution < 1.29 is 37.4 Å². The molecule has 12 nitrogen and oxygen atoms in total. The number of hydrogen-bond acceptors (Lipinski definition) is 9. The van der Waals surface area contributed by atoms with Gasteiger partial charge in [0, 0.05) is 12.3 Å². The minimum atomic E-state index is -4.54. The van der Waals surface area contributed by atoms with Gasteiger partial charge in [0.05, 0.1) is 12.7 Å². The van der Waals surface area contributed by atoms with E-state index in [2.05, 4.69) is 5.09 Å². The Morgan fingerprint density at radius 2 is 1.94 bits per heavy atom. The number of hydrogen-bond donors (Lipinski definition) is 3. The number of rotatable bonds is 10. The summed E-state index contributed by atoms with van der Waals surface area (Å²) in [4.78, 5) is 38.0. The van der Waals surface area contributed by atoms with Gasteiger partial charge in [-0.1, -0.05) is 18.2 Å². The van der Waals surface area contributed by atoms with E-state index in [0.29, 0.717) is 0 Å². The molecule has 0 unspecified atom stereocenters. The number of aromatic nitrogens is 2. The Morgan fingerprint density at radius 1 is 1.28 bits per heavy atom. The molecule has 2 aromatic rings. The molecule has 198 valence electrons. The van der Waals surface area contributed by atoms with Crippen LogP contribution in [0, 0.1) is 0 Å². The molecule has 3 N–H and O–H groups in total. The molecule has 0 amide bonds. The molecule has 0 radical (unpaired) electrons. The molecule has 0 saturated carbocycles. The third kappa shape index (κ3) is 6.29. The highest BCUT2D eigenvalue weighted by Gasteiger charge is 2.59. The zero-order valence-electron chi connectivity index (χ0n) is 20.1. The van der Waals surface area contributed by atoms with Gasteiger partial charge in [-0.15, -0.1) is 0 Å². The van der Waals surface area contributed by atoms with E-state index in [1.54, 1.807) is 32.0 Å². The van der Waals surface area contributed by atoms with E-state index in [9.17, 15) is 24.1 Å². The maximum absolute atomic E-state index is 16.2. The Hall–Kier alpha value is -2.83. The van der Waals surface area contributed by atoms with Crippen LogP contribution in [-0.2, 0) is 23.4 Å². The number of esters is 1. The number of halogens is 1. The zero-order valence-corrected chi connectivity index (χ0v) is 21.0. The third-order valence-corrected chi connectivity index (χ3v) is 6.90. The van der Waals surface area contributed by atoms with Gasteiger partial charge in [0.1, 0.15) is 24.0 Å². The van der Waals surface area contributed by atoms with Crippen molar-refractivity contribution in [1.29, 1.82) is 0 Å². The summed E-state index contributed by atoms with van der Waals surface area (Å²) in [5.41, 5.74) is -4.22. The van der Waals surface area contributed by atoms with E-state index in [0.717, 1.165) is 23.8 Å². The molecule has 2 heterocycles. The summed E-state index contributed by atoms with van der Waals surface area (Å²) < 4.78 is 52.7. The number of nitrogens with one attached hydrogen (secondary N) is 2. The van der Waals surface area contributed by atoms with Crippen molar-refractivity contribution in [3.05, 3.63) is 63.4 Å². The number of aliphatic hydroxyl groups excluding tert-OH is 1. The first-order valence-electron chi connectivity index (χ1n) is 11.1. The average molecular weight is 529 g/mol. The molecular formula is C22H29FN3O9P. The molecule has 36 heavy (non-hydrogen) atoms. The molecule has 0 spiro atoms. The van der Waals surface area contributed by atoms with E-state index < -0.39 is 67.8 Å². The van der Waals surface area contributed by atoms with Crippen LogP contribution in [0.4, 0.5) is 4.39 Å². The summed E-state index contributed by atoms with van der Waals surface area (Å²) >= 11 is 0. The largest absolute Gasteiger partial charge is 0.462 e. The van der Waals surface area contributed by atoms with Crippen LogP contribution in [0.25, 0.3) is 0 Å². The van der Waals surface area contributed by atoms with Crippen LogP contribution < -0.4 is 20.9 Å². The van der Waals surface area contributed by atoms with Gasteiger partial charge in [0.25, 0.3) is 5.56 Å². The lowest BCUT2D eigenvalue weighted by molar-refractivity contribution is -0.149. The number of carbonyl (C=O) groups excluding carboxylic acids is 1. The van der Waals surface area contributed by atoms with Crippen molar-refractivity contribution in [2.45, 2.75) is 63.9 Å². The molecular weight excluding hydrogens is 500 g/mol. The summed E-state index contributed by atoms with van der Waals surface area (Å²) in [5.74, 6) is -0.668. The van der Waals surface area contributed by atoms with Gasteiger partial charge in [-0.3, -0.25) is 23.7 Å². The fourth-order valence-corrected chi connectivity index (χ4v) is 5.38. The second-order valence-corrected chi connectivity index (χ2v) is 10.3. The second kappa shape index (κ2) is 11.1. The van der Waals surface area contributed by atoms with E-state index in [1.807, 2.05) is 4.98 Å². The second-order valence-electron chi connectivity index (χ2n) is 8.64. The van der Waals surface area contributed by atoms with Crippen molar-refractivity contribution in [3.63, 3.8) is 0 Å². The van der Waals surface area contributed by atoms with E-state index in [-0.39, 0.29) is 5.75 Å². The van der Waals surface area contributed by atoms with E-state index >= 15 is 4.39 Å². The smallest absolute Gasteiger partial charge is 0.459 e. The van der Waals surface area contributed by atoms with Crippen LogP contribution in [0.3, 0.4) is 0 Å². The molecule has 3 rings (SSSR count). The minimum Gasteiger partial charge on any atom is -0.462 e. The highest BCUT2D eigenvalue weighted by molar-refractivity contribution is 7.52. The summed E-state index contributed by atoms with van der Waals surface area (Å²) in [5, 5.41) is 12.3. The molecule has 1 aromatic heterocycles. The van der Waals surface area contributed by atoms with Crippen LogP contribution >= 0.6 is 7.75 Å². The average Bonchev–Trinajstić information content (AvgIpc) is 3.03. The van der Waals surface area contributed by atoms with E-state index in [4.69, 9.17) is 18.5 Å². The number of benzene rings is 1. The predicted octanol–water partition coefficient (Wildman–Crippen LogP) is 1.66. The topological polar surface area (TPSA) is 158 Å². The van der Waals surface area contributed by atoms with Crippen molar-refractivity contribution in [3.8, 4) is 5.75 Å². The molecule has 1 aliphatic rings. The van der Waals surface area contributed by atoms with Gasteiger partial charge in [-0.25, -0.2) is 13.8 Å². The molecule has 14 heteroatoms. The van der Waals surface area contributed by atoms with Crippen LogP contribution in [0.5, 0.6) is 5.75 Å². The van der Waals surface area contributed by atoms with Crippen molar-refractivity contribution in [2.24, 2.45) is 0 Å². The highest BCUT2D eigenvalue weighted by atomic mass is 31.2. The predicted molar refractivity (Wildman–Crippen MR) is 125 cm³/mol. The van der Waals surface area contributed by atoms with Crippen LogP contribution in [-0.4, -0.2) is 57.3 Å². The molecule has 1 fully saturated rings. The highest BCUT2D eigenvalue weighted by Crippen LogP contribution is 2.52. The van der Waals surface area contributed by atoms with Gasteiger partial charge < -0.3 is 19.1 Å². The first-order valence-corrected chi connectivity index (χ1v) is 12.7. The fraction of sp³-hybridized carbons (Fsp3) is 0.500. The molecule has 1 aliphatic heterocycles. The van der Waals surface area contributed by atoms with E-state index in [1.165, 1.54) is 19.1 Å². The lowest BCUT2D eigenvalue weighted by atomic mass is 9.98. The lowest BCUT2D eigenvalue weighted by Gasteiger charge is -2.31. The number of aromatic amines is 1. The van der Waals surface area contributed by atoms with Gasteiger partial charge in [-0.2, -0.15) is 5.09 Å². The quantitative estimate of drug-likeness (QED) is 0.305. The van der Waals surface area contributed by atoms with Gasteiger partial charge in [0.2, 0.25) is 0 Å². The number of nitrogens with zero attached hydrogens (tertiary/aromatic N) is 1. The number of H-pyrrole nitrogens is 1. The number of ether oxygens (including phenoxy) is 2. The van der Waals surface area contributed by atoms with Crippen molar-refractivity contribution >= 4 is 13.7 Å². The first kappa shape index (κ1) is 27.8. The first-order chi connectivity index (χ1) is 16.9. The lowest BCUT2D eigenvalue weighted by Crippen LogP contribution is -2.46. The molecule has 0 bridgehead atoms. The van der Waals surface area contributed by atoms with Gasteiger partial charge in [-0.05, 0) is 39.8 Å². The van der Waals surface area contributed by atoms with Crippen LogP contribution in [0.15, 0.2) is 52.2 Å². The number of alkyl halides is 1. The Balaban J connectivity index is 1.95. The standard InChI is InChI=1S/C22H29FN3O9P/c1-13(2)32-19(29)14(3)25-36(31,34-15-8-6-5-7-9-15)35-18-16(12-27)33-20(22(18,4)23)26-11-10-17(28)24-21(26)30/h5-11,13-14,16,18,20,27H,12H2,1-4H3,(H,25,31)(H,24,28,30)/t14-,16-,18-,20-,22-,36+/m1/s1. The molecule has 6 atom stereocenters. The third-order valence-electron chi connectivity index (χ3n) is 5.24. The maximum atomic E-state index is 16.2.